The zero-order chi connectivity index (χ0) is 21.1. The molecule has 3 aromatic rings. The third-order valence-electron chi connectivity index (χ3n) is 4.88. The molecular formula is C21H23N7O2. The van der Waals surface area contributed by atoms with Crippen LogP contribution in [0.1, 0.15) is 25.0 Å². The summed E-state index contributed by atoms with van der Waals surface area (Å²) in [6.07, 6.45) is 5.91. The zero-order valence-electron chi connectivity index (χ0n) is 16.7. The van der Waals surface area contributed by atoms with E-state index in [1.165, 1.54) is 0 Å². The smallest absolute Gasteiger partial charge is 0.228 e. The molecule has 0 spiro atoms. The first-order valence-electron chi connectivity index (χ1n) is 9.81. The lowest BCUT2D eigenvalue weighted by Crippen LogP contribution is -2.37. The van der Waals surface area contributed by atoms with Gasteiger partial charge in [0.1, 0.15) is 5.82 Å². The normalized spacial score (nSPS) is 13.0. The second-order valence-corrected chi connectivity index (χ2v) is 7.25. The number of nitrogen functional groups attached to an aromatic ring is 1. The fourth-order valence-electron chi connectivity index (χ4n) is 3.47. The maximum absolute atomic E-state index is 12.6. The second kappa shape index (κ2) is 8.32. The highest BCUT2D eigenvalue weighted by Gasteiger charge is 2.24. The third-order valence-corrected chi connectivity index (χ3v) is 4.88. The molecule has 30 heavy (non-hydrogen) atoms. The number of aryl methyl sites for hydroxylation is 2. The molecule has 9 nitrogen and oxygen atoms in total. The van der Waals surface area contributed by atoms with Crippen LogP contribution in [0.2, 0.25) is 0 Å². The third kappa shape index (κ3) is 4.29. The molecule has 0 aliphatic carbocycles. The van der Waals surface area contributed by atoms with Gasteiger partial charge in [-0.3, -0.25) is 24.5 Å². The first-order valence-corrected chi connectivity index (χ1v) is 9.81. The van der Waals surface area contributed by atoms with Crippen LogP contribution in [0.3, 0.4) is 0 Å². The lowest BCUT2D eigenvalue weighted by Gasteiger charge is -2.27. The number of fused-ring (bicyclic) bond motifs is 1. The molecule has 4 heterocycles. The maximum Gasteiger partial charge on any atom is 0.228 e. The van der Waals surface area contributed by atoms with E-state index in [-0.39, 0.29) is 24.7 Å². The van der Waals surface area contributed by atoms with Gasteiger partial charge in [0.25, 0.3) is 0 Å². The standard InChI is InChI=1S/C21H23N7O2/c1-14-9-20-27(7-2-8-28(20)26-14)21(30)6-5-19(29)25-17-3-4-18(24-13-17)15-10-16(22)12-23-11-15/h3-4,9-13H,2,5-8,22H2,1H3,(H,25,29). The Kier molecular flexibility index (Phi) is 5.42. The monoisotopic (exact) mass is 405 g/mol. The molecule has 1 aliphatic heterocycles. The highest BCUT2D eigenvalue weighted by atomic mass is 16.2. The van der Waals surface area contributed by atoms with Crippen molar-refractivity contribution >= 4 is 29.0 Å². The van der Waals surface area contributed by atoms with Gasteiger partial charge in [0.15, 0.2) is 0 Å². The molecule has 154 valence electrons. The quantitative estimate of drug-likeness (QED) is 0.673. The van der Waals surface area contributed by atoms with Gasteiger partial charge in [-0.2, -0.15) is 5.10 Å². The van der Waals surface area contributed by atoms with Crippen molar-refractivity contribution < 1.29 is 9.59 Å². The van der Waals surface area contributed by atoms with E-state index in [1.807, 2.05) is 17.7 Å². The molecule has 4 rings (SSSR count). The van der Waals surface area contributed by atoms with Crippen LogP contribution in [0.25, 0.3) is 11.3 Å². The Balaban J connectivity index is 1.32. The van der Waals surface area contributed by atoms with Gasteiger partial charge in [-0.1, -0.05) is 0 Å². The Morgan fingerprint density at radius 1 is 1.13 bits per heavy atom. The van der Waals surface area contributed by atoms with Gasteiger partial charge in [-0.15, -0.1) is 0 Å². The van der Waals surface area contributed by atoms with Crippen molar-refractivity contribution in [1.82, 2.24) is 19.7 Å². The molecule has 0 saturated heterocycles. The van der Waals surface area contributed by atoms with E-state index >= 15 is 0 Å². The van der Waals surface area contributed by atoms with E-state index in [4.69, 9.17) is 5.73 Å². The van der Waals surface area contributed by atoms with Crippen LogP contribution in [-0.4, -0.2) is 38.1 Å². The summed E-state index contributed by atoms with van der Waals surface area (Å²) < 4.78 is 1.85. The van der Waals surface area contributed by atoms with Gasteiger partial charge >= 0.3 is 0 Å². The van der Waals surface area contributed by atoms with Gasteiger partial charge in [0.05, 0.1) is 29.0 Å². The van der Waals surface area contributed by atoms with Gasteiger partial charge < -0.3 is 11.1 Å². The Morgan fingerprint density at radius 3 is 2.77 bits per heavy atom. The molecule has 0 unspecified atom stereocenters. The SMILES string of the molecule is Cc1cc2n(n1)CCCN2C(=O)CCC(=O)Nc1ccc(-c2cncc(N)c2)nc1. The van der Waals surface area contributed by atoms with Gasteiger partial charge in [0.2, 0.25) is 11.8 Å². The summed E-state index contributed by atoms with van der Waals surface area (Å²) >= 11 is 0. The number of hydrogen-bond donors (Lipinski definition) is 2. The fraction of sp³-hybridized carbons (Fsp3) is 0.286. The summed E-state index contributed by atoms with van der Waals surface area (Å²) in [4.78, 5) is 35.0. The van der Waals surface area contributed by atoms with Crippen molar-refractivity contribution in [2.24, 2.45) is 0 Å². The number of anilines is 3. The van der Waals surface area contributed by atoms with Crippen LogP contribution in [0.4, 0.5) is 17.2 Å². The fourth-order valence-corrected chi connectivity index (χ4v) is 3.47. The van der Waals surface area contributed by atoms with E-state index in [1.54, 1.807) is 41.7 Å². The molecule has 9 heteroatoms. The van der Waals surface area contributed by atoms with Crippen molar-refractivity contribution in [1.29, 1.82) is 0 Å². The van der Waals surface area contributed by atoms with Crippen LogP contribution < -0.4 is 16.0 Å². The maximum atomic E-state index is 12.6. The zero-order valence-corrected chi connectivity index (χ0v) is 16.7. The summed E-state index contributed by atoms with van der Waals surface area (Å²) in [5.74, 6) is 0.499. The van der Waals surface area contributed by atoms with Crippen molar-refractivity contribution in [3.63, 3.8) is 0 Å². The first kappa shape index (κ1) is 19.6. The van der Waals surface area contributed by atoms with E-state index in [0.717, 1.165) is 30.0 Å². The summed E-state index contributed by atoms with van der Waals surface area (Å²) in [5, 5.41) is 7.18. The summed E-state index contributed by atoms with van der Waals surface area (Å²) in [7, 11) is 0. The molecule has 0 radical (unpaired) electrons. The largest absolute Gasteiger partial charge is 0.397 e. The molecule has 0 saturated carbocycles. The second-order valence-electron chi connectivity index (χ2n) is 7.25. The van der Waals surface area contributed by atoms with Crippen LogP contribution >= 0.6 is 0 Å². The molecule has 0 atom stereocenters. The minimum Gasteiger partial charge on any atom is -0.397 e. The Bertz CT molecular complexity index is 1080. The number of amides is 2. The molecule has 1 aliphatic rings. The number of nitrogens with one attached hydrogen (secondary N) is 1. The molecular weight excluding hydrogens is 382 g/mol. The molecule has 3 aromatic heterocycles. The number of aromatic nitrogens is 4. The number of nitrogens with two attached hydrogens (primary N) is 1. The summed E-state index contributed by atoms with van der Waals surface area (Å²) in [6.45, 7) is 3.36. The Morgan fingerprint density at radius 2 is 2.00 bits per heavy atom. The minimum absolute atomic E-state index is 0.0753. The van der Waals surface area contributed by atoms with Gasteiger partial charge in [-0.25, -0.2) is 4.68 Å². The number of hydrogen-bond acceptors (Lipinski definition) is 6. The number of pyridine rings is 2. The molecule has 2 amide bonds. The van der Waals surface area contributed by atoms with Crippen molar-refractivity contribution in [3.05, 3.63) is 48.5 Å². The van der Waals surface area contributed by atoms with Gasteiger partial charge in [0, 0.05) is 50.0 Å². The lowest BCUT2D eigenvalue weighted by molar-refractivity contribution is -0.122. The topological polar surface area (TPSA) is 119 Å². The van der Waals surface area contributed by atoms with E-state index in [0.29, 0.717) is 23.6 Å². The number of nitrogens with zero attached hydrogens (tertiary/aromatic N) is 5. The Hall–Kier alpha value is -3.75. The number of rotatable bonds is 5. The molecule has 3 N–H and O–H groups in total. The highest BCUT2D eigenvalue weighted by molar-refractivity contribution is 5.97. The summed E-state index contributed by atoms with van der Waals surface area (Å²) in [5.41, 5.74) is 9.27. The number of carbonyl (C=O) groups is 2. The average Bonchev–Trinajstić information content (AvgIpc) is 3.12. The number of carbonyl (C=O) groups excluding carboxylic acids is 2. The summed E-state index contributed by atoms with van der Waals surface area (Å²) in [6, 6.07) is 7.24. The van der Waals surface area contributed by atoms with Crippen LogP contribution in [0.5, 0.6) is 0 Å². The Labute approximate surface area is 173 Å². The van der Waals surface area contributed by atoms with Crippen LogP contribution in [0.15, 0.2) is 42.9 Å². The van der Waals surface area contributed by atoms with Crippen molar-refractivity contribution in [2.75, 3.05) is 22.5 Å². The average molecular weight is 405 g/mol. The van der Waals surface area contributed by atoms with Gasteiger partial charge in [-0.05, 0) is 31.5 Å². The molecule has 0 aromatic carbocycles. The predicted molar refractivity (Wildman–Crippen MR) is 114 cm³/mol. The van der Waals surface area contributed by atoms with E-state index in [2.05, 4.69) is 20.4 Å². The van der Waals surface area contributed by atoms with Crippen LogP contribution in [0, 0.1) is 6.92 Å². The van der Waals surface area contributed by atoms with Crippen molar-refractivity contribution in [3.8, 4) is 11.3 Å². The lowest BCUT2D eigenvalue weighted by atomic mass is 10.2. The van der Waals surface area contributed by atoms with Crippen LogP contribution in [-0.2, 0) is 16.1 Å². The van der Waals surface area contributed by atoms with E-state index < -0.39 is 0 Å². The minimum atomic E-state index is -0.231. The molecule has 0 fully saturated rings. The predicted octanol–water partition coefficient (Wildman–Crippen LogP) is 2.39. The van der Waals surface area contributed by atoms with Crippen molar-refractivity contribution in [2.45, 2.75) is 32.7 Å². The first-order chi connectivity index (χ1) is 14.5. The molecule has 0 bridgehead atoms. The highest BCUT2D eigenvalue weighted by Crippen LogP contribution is 2.23. The van der Waals surface area contributed by atoms with E-state index in [9.17, 15) is 9.59 Å².